The van der Waals surface area contributed by atoms with Crippen LogP contribution in [0.1, 0.15) is 348 Å². The smallest absolute Gasteiger partial charge is 0.306 e. The molecule has 0 radical (unpaired) electrons. The fourth-order valence-electron chi connectivity index (χ4n) is 10.6. The molecule has 9 heteroatoms. The second-order valence-electron chi connectivity index (χ2n) is 25.9. The maximum atomic E-state index is 12.9. The first-order valence-corrected chi connectivity index (χ1v) is 36.4. The highest BCUT2D eigenvalue weighted by molar-refractivity contribution is 5.70. The molecule has 2 atom stereocenters. The molecule has 0 fully saturated rings. The van der Waals surface area contributed by atoms with Crippen molar-refractivity contribution in [2.75, 3.05) is 47.5 Å². The molecule has 2 unspecified atom stereocenters. The third kappa shape index (κ3) is 68.3. The number of carboxylic acid groups (broad SMARTS) is 1. The largest absolute Gasteiger partial charge is 0.545 e. The first kappa shape index (κ1) is 82.0. The number of aliphatic carboxylic acids is 1. The molecule has 0 aromatic rings. The van der Waals surface area contributed by atoms with Crippen LogP contribution in [0, 0.1) is 0 Å². The third-order valence-electron chi connectivity index (χ3n) is 16.2. The van der Waals surface area contributed by atoms with E-state index in [1.54, 1.807) is 0 Å². The van der Waals surface area contributed by atoms with E-state index in [0.717, 1.165) is 57.8 Å². The Balaban J connectivity index is 4.06. The van der Waals surface area contributed by atoms with Crippen molar-refractivity contribution in [2.24, 2.45) is 0 Å². The number of allylic oxidation sites excluding steroid dienone is 10. The van der Waals surface area contributed by atoms with Crippen molar-refractivity contribution in [2.45, 2.75) is 360 Å². The number of carbonyl (C=O) groups excluding carboxylic acids is 3. The monoisotopic (exact) mass is 1190 g/mol. The number of carbonyl (C=O) groups is 3. The van der Waals surface area contributed by atoms with Crippen LogP contribution in [-0.2, 0) is 33.3 Å². The molecule has 0 heterocycles. The van der Waals surface area contributed by atoms with Crippen LogP contribution in [0.3, 0.4) is 0 Å². The molecule has 0 amide bonds. The van der Waals surface area contributed by atoms with Crippen LogP contribution in [0.5, 0.6) is 0 Å². The number of carboxylic acids is 1. The Morgan fingerprint density at radius 2 is 0.635 bits per heavy atom. The summed E-state index contributed by atoms with van der Waals surface area (Å²) in [6.07, 6.45) is 84.5. The zero-order valence-corrected chi connectivity index (χ0v) is 56.7. The molecule has 0 rings (SSSR count). The van der Waals surface area contributed by atoms with Gasteiger partial charge < -0.3 is 33.3 Å². The highest BCUT2D eigenvalue weighted by atomic mass is 16.7. The number of unbranched alkanes of at least 4 members (excludes halogenated alkanes) is 43. The summed E-state index contributed by atoms with van der Waals surface area (Å²) in [6.45, 7) is 4.77. The molecule has 0 saturated carbocycles. The van der Waals surface area contributed by atoms with Crippen LogP contribution in [0.2, 0.25) is 0 Å². The maximum Gasteiger partial charge on any atom is 0.306 e. The van der Waals surface area contributed by atoms with E-state index in [1.165, 1.54) is 257 Å². The molecular formula is C76H139NO8. The highest BCUT2D eigenvalue weighted by Gasteiger charge is 2.22. The molecule has 496 valence electrons. The van der Waals surface area contributed by atoms with E-state index in [0.29, 0.717) is 23.9 Å². The van der Waals surface area contributed by atoms with E-state index < -0.39 is 24.3 Å². The van der Waals surface area contributed by atoms with Crippen LogP contribution in [0.4, 0.5) is 0 Å². The average Bonchev–Trinajstić information content (AvgIpc) is 3.48. The second kappa shape index (κ2) is 66.9. The first-order valence-electron chi connectivity index (χ1n) is 36.4. The lowest BCUT2D eigenvalue weighted by molar-refractivity contribution is -0.870. The van der Waals surface area contributed by atoms with Crippen LogP contribution in [-0.4, -0.2) is 82.3 Å². The van der Waals surface area contributed by atoms with E-state index in [4.69, 9.17) is 18.9 Å². The average molecular weight is 1190 g/mol. The van der Waals surface area contributed by atoms with Gasteiger partial charge in [-0.05, 0) is 83.5 Å². The van der Waals surface area contributed by atoms with Gasteiger partial charge in [0.25, 0.3) is 0 Å². The van der Waals surface area contributed by atoms with Gasteiger partial charge in [-0.1, -0.05) is 312 Å². The van der Waals surface area contributed by atoms with Crippen molar-refractivity contribution >= 4 is 17.9 Å². The topological polar surface area (TPSA) is 111 Å². The molecule has 0 aromatic carbocycles. The normalized spacial score (nSPS) is 13.0. The minimum Gasteiger partial charge on any atom is -0.545 e. The minimum absolute atomic E-state index is 0.148. The second-order valence-corrected chi connectivity index (χ2v) is 25.9. The summed E-state index contributed by atoms with van der Waals surface area (Å²) in [5.74, 6) is -2.26. The molecule has 0 spiro atoms. The standard InChI is InChI=1S/C76H139NO8/c1-6-8-10-12-14-16-18-20-22-24-26-28-30-32-34-35-36-37-38-39-41-42-44-46-48-50-52-54-56-58-60-62-64-66-73(78)83-70-72(71-84-76(75(80)81)82-69-68-77(3,4)5)85-74(79)67-65-63-61-59-57-55-53-51-49-47-45-43-40-33-31-29-27-25-23-21-19-17-15-13-11-9-7-2/h18-21,24-27,31,33,72,76H,6-17,22-23,28-30,32,34-71H2,1-5H3/b20-18-,21-19-,26-24-,27-25-,33-31-. The lowest BCUT2D eigenvalue weighted by Gasteiger charge is -2.26. The van der Waals surface area contributed by atoms with E-state index in [1.807, 2.05) is 21.1 Å². The van der Waals surface area contributed by atoms with Gasteiger partial charge in [-0.25, -0.2) is 0 Å². The number of hydrogen-bond donors (Lipinski definition) is 0. The van der Waals surface area contributed by atoms with Gasteiger partial charge in [0.2, 0.25) is 0 Å². The summed E-state index contributed by atoms with van der Waals surface area (Å²) in [4.78, 5) is 37.5. The number of quaternary nitrogens is 1. The van der Waals surface area contributed by atoms with Crippen LogP contribution < -0.4 is 5.11 Å². The molecule has 0 aromatic heterocycles. The molecular weight excluding hydrogens is 1050 g/mol. The fraction of sp³-hybridized carbons (Fsp3) is 0.829. The van der Waals surface area contributed by atoms with Gasteiger partial charge in [-0.2, -0.15) is 0 Å². The Hall–Kier alpha value is -3.01. The van der Waals surface area contributed by atoms with Crippen LogP contribution in [0.25, 0.3) is 0 Å². The van der Waals surface area contributed by atoms with Crippen LogP contribution >= 0.6 is 0 Å². The van der Waals surface area contributed by atoms with Gasteiger partial charge in [-0.15, -0.1) is 0 Å². The Labute approximate surface area is 526 Å². The lowest BCUT2D eigenvalue weighted by atomic mass is 10.0. The minimum atomic E-state index is -1.62. The number of hydrogen-bond acceptors (Lipinski definition) is 8. The van der Waals surface area contributed by atoms with Gasteiger partial charge in [-0.3, -0.25) is 9.59 Å². The molecule has 85 heavy (non-hydrogen) atoms. The van der Waals surface area contributed by atoms with E-state index >= 15 is 0 Å². The van der Waals surface area contributed by atoms with Gasteiger partial charge in [0.1, 0.15) is 13.2 Å². The van der Waals surface area contributed by atoms with Gasteiger partial charge in [0.15, 0.2) is 12.4 Å². The molecule has 0 saturated heterocycles. The van der Waals surface area contributed by atoms with Gasteiger partial charge in [0, 0.05) is 12.8 Å². The van der Waals surface area contributed by atoms with Crippen molar-refractivity contribution in [3.8, 4) is 0 Å². The summed E-state index contributed by atoms with van der Waals surface area (Å²) in [7, 11) is 5.94. The van der Waals surface area contributed by atoms with Crippen molar-refractivity contribution in [1.82, 2.24) is 0 Å². The number of nitrogens with zero attached hydrogens (tertiary/aromatic N) is 1. The summed E-state index contributed by atoms with van der Waals surface area (Å²) in [5, 5.41) is 11.8. The highest BCUT2D eigenvalue weighted by Crippen LogP contribution is 2.18. The van der Waals surface area contributed by atoms with Gasteiger partial charge >= 0.3 is 11.9 Å². The van der Waals surface area contributed by atoms with Crippen LogP contribution in [0.15, 0.2) is 60.8 Å². The van der Waals surface area contributed by atoms with E-state index in [2.05, 4.69) is 74.6 Å². The number of rotatable bonds is 68. The lowest BCUT2D eigenvalue weighted by Crippen LogP contribution is -2.44. The van der Waals surface area contributed by atoms with E-state index in [9.17, 15) is 19.5 Å². The molecule has 0 aliphatic rings. The van der Waals surface area contributed by atoms with Crippen molar-refractivity contribution in [3.05, 3.63) is 60.8 Å². The Morgan fingerprint density at radius 1 is 0.353 bits per heavy atom. The summed E-state index contributed by atoms with van der Waals surface area (Å²) in [6, 6.07) is 0. The first-order chi connectivity index (χ1) is 41.6. The SMILES string of the molecule is CCCCCCC/C=C\C/C=C\C/C=C\CCCCCCCCCCCCCCC(=O)OC(COC(=O)CCCCCCCCCCCCCCCCCCCCCCC/C=C\C/C=C\CCCCCCC)COC(OCC[N+](C)(C)C)C(=O)[O-]. The summed E-state index contributed by atoms with van der Waals surface area (Å²) >= 11 is 0. The fourth-order valence-corrected chi connectivity index (χ4v) is 10.6. The van der Waals surface area contributed by atoms with Crippen molar-refractivity contribution < 1.29 is 42.9 Å². The molecule has 0 N–H and O–H groups in total. The Bertz CT molecular complexity index is 1580. The third-order valence-corrected chi connectivity index (χ3v) is 16.2. The number of esters is 2. The van der Waals surface area contributed by atoms with E-state index in [-0.39, 0.29) is 32.2 Å². The molecule has 0 aliphatic heterocycles. The quantitative estimate of drug-likeness (QED) is 0.0195. The molecule has 9 nitrogen and oxygen atoms in total. The number of likely N-dealkylation sites (N-methyl/N-ethyl adjacent to an activating group) is 1. The van der Waals surface area contributed by atoms with Crippen molar-refractivity contribution in [1.29, 1.82) is 0 Å². The van der Waals surface area contributed by atoms with Crippen molar-refractivity contribution in [3.63, 3.8) is 0 Å². The molecule has 0 bridgehead atoms. The molecule has 0 aliphatic carbocycles. The van der Waals surface area contributed by atoms with Gasteiger partial charge in [0.05, 0.1) is 40.3 Å². The Kier molecular flexibility index (Phi) is 64.6. The maximum absolute atomic E-state index is 12.9. The number of ether oxygens (including phenoxy) is 4. The zero-order chi connectivity index (χ0) is 61.9. The summed E-state index contributed by atoms with van der Waals surface area (Å²) in [5.41, 5.74) is 0. The Morgan fingerprint density at radius 3 is 0.941 bits per heavy atom. The summed E-state index contributed by atoms with van der Waals surface area (Å²) < 4.78 is 22.8. The predicted octanol–water partition coefficient (Wildman–Crippen LogP) is 21.4. The zero-order valence-electron chi connectivity index (χ0n) is 56.7. The predicted molar refractivity (Wildman–Crippen MR) is 362 cm³/mol.